The Hall–Kier alpha value is -1.62. The summed E-state index contributed by atoms with van der Waals surface area (Å²) in [6, 6.07) is 0. The zero-order valence-electron chi connectivity index (χ0n) is 13.4. The summed E-state index contributed by atoms with van der Waals surface area (Å²) in [6.45, 7) is 8.97. The van der Waals surface area contributed by atoms with Gasteiger partial charge < -0.3 is 14.6 Å². The molecule has 0 aromatic heterocycles. The molecule has 1 N–H and O–H groups in total. The number of carbonyl (C=O) groups is 2. The average molecular weight is 308 g/mol. The smallest absolute Gasteiger partial charge is 0.334 e. The first-order valence-corrected chi connectivity index (χ1v) is 7.76. The van der Waals surface area contributed by atoms with Crippen LogP contribution in [0.25, 0.3) is 0 Å². The third-order valence-electron chi connectivity index (χ3n) is 4.49. The molecule has 5 heteroatoms. The zero-order chi connectivity index (χ0) is 16.4. The van der Waals surface area contributed by atoms with Crippen LogP contribution in [0.4, 0.5) is 0 Å². The van der Waals surface area contributed by atoms with Gasteiger partial charge in [0, 0.05) is 24.8 Å². The second-order valence-corrected chi connectivity index (χ2v) is 6.32. The highest BCUT2D eigenvalue weighted by molar-refractivity contribution is 5.91. The van der Waals surface area contributed by atoms with Crippen LogP contribution in [-0.2, 0) is 19.1 Å². The molecular weight excluding hydrogens is 284 g/mol. The van der Waals surface area contributed by atoms with Gasteiger partial charge >= 0.3 is 11.9 Å². The molecule has 22 heavy (non-hydrogen) atoms. The minimum atomic E-state index is -0.712. The number of rotatable bonds is 4. The fourth-order valence-corrected chi connectivity index (χ4v) is 3.29. The van der Waals surface area contributed by atoms with Gasteiger partial charge in [-0.15, -0.1) is 0 Å². The van der Waals surface area contributed by atoms with E-state index in [1.54, 1.807) is 6.92 Å². The molecule has 1 aliphatic carbocycles. The lowest BCUT2D eigenvalue weighted by atomic mass is 9.89. The minimum Gasteiger partial charge on any atom is -0.463 e. The Bertz CT molecular complexity index is 507. The van der Waals surface area contributed by atoms with E-state index in [2.05, 4.69) is 13.5 Å². The molecule has 0 bridgehead atoms. The molecule has 0 aromatic carbocycles. The van der Waals surface area contributed by atoms with Crippen molar-refractivity contribution in [2.75, 3.05) is 0 Å². The van der Waals surface area contributed by atoms with Crippen LogP contribution in [0.2, 0.25) is 0 Å². The van der Waals surface area contributed by atoms with Crippen LogP contribution in [-0.4, -0.2) is 35.4 Å². The molecule has 0 unspecified atom stereocenters. The Balaban J connectivity index is 2.12. The van der Waals surface area contributed by atoms with Crippen molar-refractivity contribution in [1.29, 1.82) is 0 Å². The fraction of sp³-hybridized carbons (Fsp3) is 0.647. The highest BCUT2D eigenvalue weighted by Crippen LogP contribution is 2.38. The first-order valence-electron chi connectivity index (χ1n) is 7.76. The molecule has 1 heterocycles. The van der Waals surface area contributed by atoms with Crippen LogP contribution in [0.5, 0.6) is 0 Å². The van der Waals surface area contributed by atoms with Gasteiger partial charge in [0.05, 0.1) is 6.10 Å². The summed E-state index contributed by atoms with van der Waals surface area (Å²) >= 11 is 0. The second-order valence-electron chi connectivity index (χ2n) is 6.32. The predicted molar refractivity (Wildman–Crippen MR) is 80.8 cm³/mol. The largest absolute Gasteiger partial charge is 0.463 e. The van der Waals surface area contributed by atoms with Crippen molar-refractivity contribution in [2.24, 2.45) is 11.8 Å². The van der Waals surface area contributed by atoms with E-state index in [1.807, 2.05) is 6.08 Å². The van der Waals surface area contributed by atoms with Gasteiger partial charge in [-0.3, -0.25) is 4.79 Å². The van der Waals surface area contributed by atoms with Crippen molar-refractivity contribution in [3.63, 3.8) is 0 Å². The van der Waals surface area contributed by atoms with Gasteiger partial charge in [0.2, 0.25) is 0 Å². The molecule has 1 aliphatic heterocycles. The van der Waals surface area contributed by atoms with Crippen molar-refractivity contribution in [3.05, 3.63) is 23.8 Å². The molecule has 0 amide bonds. The number of hydrogen-bond acceptors (Lipinski definition) is 5. The molecule has 1 saturated heterocycles. The standard InChI is InChI=1S/C17H24O5/c1-9-5-6-13-11(3)17(20)22-16(13)8-14(9)15(19)7-10(2)21-12(4)18/h8-10,13,15-16,19H,3,5-7H2,1-2,4H3/t9-,10+,13-,15+,16-/m0/s1. The van der Waals surface area contributed by atoms with E-state index in [0.29, 0.717) is 12.0 Å². The predicted octanol–water partition coefficient (Wildman–Crippen LogP) is 2.14. The molecule has 2 rings (SSSR count). The molecule has 2 aliphatic rings. The summed E-state index contributed by atoms with van der Waals surface area (Å²) in [4.78, 5) is 22.6. The van der Waals surface area contributed by atoms with E-state index in [-0.39, 0.29) is 36.0 Å². The van der Waals surface area contributed by atoms with Crippen LogP contribution in [0.15, 0.2) is 23.8 Å². The highest BCUT2D eigenvalue weighted by Gasteiger charge is 2.40. The van der Waals surface area contributed by atoms with Crippen LogP contribution >= 0.6 is 0 Å². The van der Waals surface area contributed by atoms with Crippen molar-refractivity contribution < 1.29 is 24.2 Å². The minimum absolute atomic E-state index is 0.00513. The van der Waals surface area contributed by atoms with Crippen LogP contribution < -0.4 is 0 Å². The van der Waals surface area contributed by atoms with E-state index in [9.17, 15) is 14.7 Å². The molecule has 122 valence electrons. The van der Waals surface area contributed by atoms with Gasteiger partial charge in [-0.1, -0.05) is 13.5 Å². The third-order valence-corrected chi connectivity index (χ3v) is 4.49. The van der Waals surface area contributed by atoms with E-state index in [1.165, 1.54) is 6.92 Å². The average Bonchev–Trinajstić information content (AvgIpc) is 2.56. The van der Waals surface area contributed by atoms with Gasteiger partial charge in [-0.25, -0.2) is 4.79 Å². The molecule has 0 saturated carbocycles. The molecule has 1 fully saturated rings. The normalized spacial score (nSPS) is 30.7. The summed E-state index contributed by atoms with van der Waals surface area (Å²) in [6.07, 6.45) is 2.48. The number of esters is 2. The summed E-state index contributed by atoms with van der Waals surface area (Å²) in [5.41, 5.74) is 1.38. The van der Waals surface area contributed by atoms with Crippen molar-refractivity contribution in [2.45, 2.75) is 58.3 Å². The van der Waals surface area contributed by atoms with Gasteiger partial charge in [-0.2, -0.15) is 0 Å². The van der Waals surface area contributed by atoms with E-state index in [4.69, 9.17) is 9.47 Å². The monoisotopic (exact) mass is 308 g/mol. The Morgan fingerprint density at radius 3 is 2.86 bits per heavy atom. The molecule has 0 spiro atoms. The number of aliphatic hydroxyl groups excluding tert-OH is 1. The molecule has 0 aromatic rings. The summed E-state index contributed by atoms with van der Waals surface area (Å²) < 4.78 is 10.4. The lowest BCUT2D eigenvalue weighted by Crippen LogP contribution is -2.24. The highest BCUT2D eigenvalue weighted by atomic mass is 16.6. The number of carbonyl (C=O) groups excluding carboxylic acids is 2. The second kappa shape index (κ2) is 6.65. The number of aliphatic hydroxyl groups is 1. The Morgan fingerprint density at radius 1 is 1.55 bits per heavy atom. The summed E-state index contributed by atoms with van der Waals surface area (Å²) in [5, 5.41) is 10.5. The van der Waals surface area contributed by atoms with Crippen molar-refractivity contribution in [1.82, 2.24) is 0 Å². The number of fused-ring (bicyclic) bond motifs is 1. The van der Waals surface area contributed by atoms with Crippen molar-refractivity contribution in [3.8, 4) is 0 Å². The maximum atomic E-state index is 11.6. The van der Waals surface area contributed by atoms with Gasteiger partial charge in [0.1, 0.15) is 12.2 Å². The summed E-state index contributed by atoms with van der Waals surface area (Å²) in [7, 11) is 0. The van der Waals surface area contributed by atoms with Crippen molar-refractivity contribution >= 4 is 11.9 Å². The first kappa shape index (κ1) is 16.7. The molecular formula is C17H24O5. The molecule has 0 radical (unpaired) electrons. The lowest BCUT2D eigenvalue weighted by Gasteiger charge is -2.23. The van der Waals surface area contributed by atoms with Gasteiger partial charge in [-0.05, 0) is 37.3 Å². The number of hydrogen-bond donors (Lipinski definition) is 1. The Labute approximate surface area is 131 Å². The molecule has 5 nitrogen and oxygen atoms in total. The van der Waals surface area contributed by atoms with Crippen LogP contribution in [0.1, 0.15) is 40.0 Å². The fourth-order valence-electron chi connectivity index (χ4n) is 3.29. The first-order chi connectivity index (χ1) is 10.3. The Morgan fingerprint density at radius 2 is 2.23 bits per heavy atom. The Kier molecular flexibility index (Phi) is 5.06. The van der Waals surface area contributed by atoms with E-state index >= 15 is 0 Å². The van der Waals surface area contributed by atoms with Gasteiger partial charge in [0.15, 0.2) is 0 Å². The van der Waals surface area contributed by atoms with E-state index in [0.717, 1.165) is 18.4 Å². The third kappa shape index (κ3) is 3.58. The van der Waals surface area contributed by atoms with E-state index < -0.39 is 6.10 Å². The van der Waals surface area contributed by atoms with Gasteiger partial charge in [0.25, 0.3) is 0 Å². The van der Waals surface area contributed by atoms with Crippen LogP contribution in [0, 0.1) is 11.8 Å². The maximum absolute atomic E-state index is 11.6. The topological polar surface area (TPSA) is 72.8 Å². The SMILES string of the molecule is C=C1C(=O)O[C@H]2C=C([C@H](O)C[C@@H](C)OC(C)=O)[C@@H](C)CC[C@@H]12. The zero-order valence-corrected chi connectivity index (χ0v) is 13.4. The lowest BCUT2D eigenvalue weighted by molar-refractivity contribution is -0.146. The number of ether oxygens (including phenoxy) is 2. The molecule has 5 atom stereocenters. The maximum Gasteiger partial charge on any atom is 0.334 e. The summed E-state index contributed by atoms with van der Waals surface area (Å²) in [5.74, 6) is -0.506. The van der Waals surface area contributed by atoms with Crippen LogP contribution in [0.3, 0.4) is 0 Å². The quantitative estimate of drug-likeness (QED) is 0.489.